The molecule has 0 saturated carbocycles. The van der Waals surface area contributed by atoms with E-state index in [1.165, 1.54) is 35.6 Å². The molecule has 0 aliphatic carbocycles. The molecule has 0 aliphatic rings. The van der Waals surface area contributed by atoms with Gasteiger partial charge >= 0.3 is 41.5 Å². The maximum absolute atomic E-state index is 11.0. The van der Waals surface area contributed by atoms with E-state index in [0.717, 1.165) is 12.3 Å². The van der Waals surface area contributed by atoms with E-state index < -0.39 is 21.8 Å². The average Bonchev–Trinajstić information content (AvgIpc) is 3.10. The summed E-state index contributed by atoms with van der Waals surface area (Å²) in [6, 6.07) is 2.19. The number of carbonyl (C=O) groups excluding carboxylic acids is 1. The Balaban J connectivity index is 0. The van der Waals surface area contributed by atoms with Crippen molar-refractivity contribution in [3.63, 3.8) is 0 Å². The predicted molar refractivity (Wildman–Crippen MR) is 84.4 cm³/mol. The van der Waals surface area contributed by atoms with Crippen LogP contribution in [0.5, 0.6) is 0 Å². The van der Waals surface area contributed by atoms with Gasteiger partial charge in [0, 0.05) is 26.2 Å². The summed E-state index contributed by atoms with van der Waals surface area (Å²) >= 11 is 0. The second-order valence-electron chi connectivity index (χ2n) is 4.70. The molecule has 27 heavy (non-hydrogen) atoms. The van der Waals surface area contributed by atoms with Crippen LogP contribution in [0.2, 0.25) is 0 Å². The van der Waals surface area contributed by atoms with Gasteiger partial charge in [-0.25, -0.2) is 9.59 Å². The van der Waals surface area contributed by atoms with Crippen molar-refractivity contribution in [2.75, 3.05) is 7.11 Å². The average molecular weight is 394 g/mol. The number of ether oxygens (including phenoxy) is 1. The number of carboxylic acid groups (broad SMARTS) is 1. The third-order valence-electron chi connectivity index (χ3n) is 3.02. The Hall–Kier alpha value is -2.74. The molecule has 142 valence electrons. The van der Waals surface area contributed by atoms with Crippen molar-refractivity contribution in [2.24, 2.45) is 14.1 Å². The standard InChI is InChI=1S/C7H8N2O4.C6H6N2O4.Na.H2O/c1-8-4-5(9(11)12)3-6(8)7(10)13-2;1-7-3-4(8(11)12)2-5(7)6(9)10;;/h3-4H,1-2H3;2-3H,1H3,(H,9,10);;1H2/q;;+1;/p-1. The van der Waals surface area contributed by atoms with Crippen molar-refractivity contribution >= 4 is 23.3 Å². The van der Waals surface area contributed by atoms with Crippen LogP contribution in [0.15, 0.2) is 24.5 Å². The molecule has 2 N–H and O–H groups in total. The van der Waals surface area contributed by atoms with Crippen molar-refractivity contribution in [2.45, 2.75) is 0 Å². The first kappa shape index (κ1) is 26.5. The summed E-state index contributed by atoms with van der Waals surface area (Å²) in [5.41, 5.74) is -0.270. The van der Waals surface area contributed by atoms with E-state index in [9.17, 15) is 29.8 Å². The summed E-state index contributed by atoms with van der Waals surface area (Å²) in [6.45, 7) is 0. The number of aromatic carboxylic acids is 1. The van der Waals surface area contributed by atoms with Crippen molar-refractivity contribution in [1.82, 2.24) is 9.13 Å². The minimum absolute atomic E-state index is 0. The van der Waals surface area contributed by atoms with E-state index >= 15 is 0 Å². The number of hydrogen-bond acceptors (Lipinski definition) is 8. The molecule has 0 spiro atoms. The Morgan fingerprint density at radius 1 is 1.00 bits per heavy atom. The van der Waals surface area contributed by atoms with Crippen LogP contribution in [0, 0.1) is 20.2 Å². The number of aryl methyl sites for hydroxylation is 2. The Bertz CT molecular complexity index is 843. The summed E-state index contributed by atoms with van der Waals surface area (Å²) in [5, 5.41) is 29.0. The quantitative estimate of drug-likeness (QED) is 0.269. The molecule has 0 atom stereocenters. The van der Waals surface area contributed by atoms with Gasteiger partial charge in [-0.2, -0.15) is 0 Å². The van der Waals surface area contributed by atoms with Gasteiger partial charge in [-0.3, -0.25) is 20.2 Å². The molecule has 2 aromatic heterocycles. The molecule has 0 saturated heterocycles. The largest absolute Gasteiger partial charge is 1.00 e. The molecule has 0 aliphatic heterocycles. The molecule has 2 heterocycles. The number of aromatic nitrogens is 2. The molecule has 0 bridgehead atoms. The smallest absolute Gasteiger partial charge is 0.870 e. The third kappa shape index (κ3) is 6.82. The van der Waals surface area contributed by atoms with Crippen LogP contribution in [0.4, 0.5) is 11.4 Å². The van der Waals surface area contributed by atoms with Gasteiger partial charge < -0.3 is 24.5 Å². The van der Waals surface area contributed by atoms with Crippen molar-refractivity contribution in [3.8, 4) is 0 Å². The Morgan fingerprint density at radius 2 is 1.37 bits per heavy atom. The van der Waals surface area contributed by atoms with E-state index in [1.807, 2.05) is 0 Å². The van der Waals surface area contributed by atoms with Crippen LogP contribution in [0.3, 0.4) is 0 Å². The number of carbonyl (C=O) groups is 2. The van der Waals surface area contributed by atoms with Crippen LogP contribution in [-0.2, 0) is 18.8 Å². The number of nitrogens with zero attached hydrogens (tertiary/aromatic N) is 4. The third-order valence-corrected chi connectivity index (χ3v) is 3.02. The van der Waals surface area contributed by atoms with Crippen molar-refractivity contribution < 1.29 is 64.3 Å². The second kappa shape index (κ2) is 11.1. The number of carboxylic acids is 1. The zero-order valence-corrected chi connectivity index (χ0v) is 16.9. The number of nitro groups is 2. The number of hydrogen-bond donors (Lipinski definition) is 1. The van der Waals surface area contributed by atoms with Gasteiger partial charge in [0.1, 0.15) is 11.4 Å². The van der Waals surface area contributed by atoms with E-state index in [0.29, 0.717) is 0 Å². The fourth-order valence-corrected chi connectivity index (χ4v) is 1.81. The normalized spacial score (nSPS) is 9.00. The van der Waals surface area contributed by atoms with Crippen molar-refractivity contribution in [3.05, 3.63) is 56.1 Å². The van der Waals surface area contributed by atoms with Crippen LogP contribution in [0.25, 0.3) is 0 Å². The van der Waals surface area contributed by atoms with Gasteiger partial charge in [0.25, 0.3) is 11.4 Å². The predicted octanol–water partition coefficient (Wildman–Crippen LogP) is -1.82. The fourth-order valence-electron chi connectivity index (χ4n) is 1.81. The first-order valence-corrected chi connectivity index (χ1v) is 6.51. The van der Waals surface area contributed by atoms with Crippen molar-refractivity contribution in [1.29, 1.82) is 0 Å². The van der Waals surface area contributed by atoms with Crippen LogP contribution >= 0.6 is 0 Å². The number of rotatable bonds is 4. The second-order valence-corrected chi connectivity index (χ2v) is 4.70. The van der Waals surface area contributed by atoms with Gasteiger partial charge in [0.05, 0.1) is 29.4 Å². The minimum Gasteiger partial charge on any atom is -0.870 e. The van der Waals surface area contributed by atoms with Gasteiger partial charge in [-0.1, -0.05) is 0 Å². The Morgan fingerprint density at radius 3 is 1.63 bits per heavy atom. The minimum atomic E-state index is -1.18. The summed E-state index contributed by atoms with van der Waals surface area (Å²) < 4.78 is 6.97. The van der Waals surface area contributed by atoms with Gasteiger partial charge in [-0.05, 0) is 0 Å². The SMILES string of the molecule is COC(=O)c1cc([N+](=O)[O-])cn1C.Cn1cc([N+](=O)[O-])cc1C(=O)O.[Na+].[OH-]. The zero-order chi connectivity index (χ0) is 19.3. The summed E-state index contributed by atoms with van der Waals surface area (Å²) in [6.07, 6.45) is 2.41. The number of esters is 1. The van der Waals surface area contributed by atoms with E-state index in [-0.39, 0.29) is 57.8 Å². The van der Waals surface area contributed by atoms with Crippen LogP contribution in [-0.4, -0.2) is 48.6 Å². The van der Waals surface area contributed by atoms with Gasteiger partial charge in [-0.15, -0.1) is 0 Å². The van der Waals surface area contributed by atoms with Crippen LogP contribution < -0.4 is 29.6 Å². The molecule has 13 nitrogen and oxygen atoms in total. The molecule has 0 unspecified atom stereocenters. The molecule has 0 radical (unpaired) electrons. The topological polar surface area (TPSA) is 190 Å². The van der Waals surface area contributed by atoms with E-state index in [1.54, 1.807) is 7.05 Å². The maximum Gasteiger partial charge on any atom is 1.00 e. The Kier molecular flexibility index (Phi) is 10.9. The summed E-state index contributed by atoms with van der Waals surface area (Å²) in [5.74, 6) is -1.76. The molecular formula is C13H15N4NaO9. The monoisotopic (exact) mass is 394 g/mol. The van der Waals surface area contributed by atoms with Crippen LogP contribution in [0.1, 0.15) is 21.0 Å². The Labute approximate surface area is 174 Å². The maximum atomic E-state index is 11.0. The molecule has 2 rings (SSSR count). The zero-order valence-electron chi connectivity index (χ0n) is 14.9. The molecule has 0 aromatic carbocycles. The van der Waals surface area contributed by atoms with Gasteiger partial charge in [0.15, 0.2) is 0 Å². The summed E-state index contributed by atoms with van der Waals surface area (Å²) in [7, 11) is 4.21. The molecule has 2 aromatic rings. The molecule has 0 fully saturated rings. The fraction of sp³-hybridized carbons (Fsp3) is 0.231. The molecule has 14 heteroatoms. The van der Waals surface area contributed by atoms with Gasteiger partial charge in [0.2, 0.25) is 0 Å². The molecular weight excluding hydrogens is 379 g/mol. The van der Waals surface area contributed by atoms with E-state index in [2.05, 4.69) is 4.74 Å². The molecule has 0 amide bonds. The van der Waals surface area contributed by atoms with E-state index in [4.69, 9.17) is 5.11 Å². The first-order valence-electron chi connectivity index (χ1n) is 6.51. The first-order chi connectivity index (χ1) is 11.6. The summed E-state index contributed by atoms with van der Waals surface area (Å²) in [4.78, 5) is 40.7. The number of methoxy groups -OCH3 is 1.